The van der Waals surface area contributed by atoms with E-state index in [9.17, 15) is 9.59 Å². The molecule has 3 saturated heterocycles. The number of aromatic nitrogens is 2. The number of ether oxygens (including phenoxy) is 2. The summed E-state index contributed by atoms with van der Waals surface area (Å²) in [5.74, 6) is 2.71. The molecule has 5 heterocycles. The normalized spacial score (nSPS) is 26.4. The van der Waals surface area contributed by atoms with Crippen molar-refractivity contribution < 1.29 is 19.1 Å². The maximum atomic E-state index is 13.2. The molecule has 0 radical (unpaired) electrons. The Morgan fingerprint density at radius 1 is 1.21 bits per heavy atom. The van der Waals surface area contributed by atoms with Gasteiger partial charge in [-0.2, -0.15) is 5.10 Å². The fraction of sp³-hybridized carbons (Fsp3) is 0.722. The summed E-state index contributed by atoms with van der Waals surface area (Å²) in [4.78, 5) is 28.0. The lowest BCUT2D eigenvalue weighted by atomic mass is 9.86. The minimum Gasteiger partial charge on any atom is -0.476 e. The smallest absolute Gasteiger partial charge is 0.272 e. The molecule has 1 unspecified atom stereocenters. The van der Waals surface area contributed by atoms with Crippen LogP contribution in [0.4, 0.5) is 0 Å². The van der Waals surface area contributed by atoms with E-state index >= 15 is 0 Å². The molecule has 1 aromatic rings. The van der Waals surface area contributed by atoms with Crippen LogP contribution in [0.5, 0.6) is 5.88 Å². The molecule has 152 valence electrons. The van der Waals surface area contributed by atoms with Gasteiger partial charge in [-0.1, -0.05) is 0 Å². The van der Waals surface area contributed by atoms with Crippen LogP contribution in [0.1, 0.15) is 29.8 Å². The Kier molecular flexibility index (Phi) is 4.96. The molecule has 0 aliphatic carbocycles. The average molecular weight is 425 g/mol. The van der Waals surface area contributed by atoms with Crippen molar-refractivity contribution in [3.8, 4) is 5.88 Å². The maximum absolute atomic E-state index is 13.2. The van der Waals surface area contributed by atoms with Crippen LogP contribution in [-0.2, 0) is 16.1 Å². The van der Waals surface area contributed by atoms with Gasteiger partial charge >= 0.3 is 0 Å². The van der Waals surface area contributed by atoms with E-state index in [2.05, 4.69) is 10.4 Å². The molecular weight excluding hydrogens is 400 g/mol. The van der Waals surface area contributed by atoms with Gasteiger partial charge in [-0.15, -0.1) is 23.5 Å². The molecule has 0 bridgehead atoms. The molecular formula is C18H24N4O4S2. The number of rotatable bonds is 3. The van der Waals surface area contributed by atoms with Crippen LogP contribution < -0.4 is 10.1 Å². The van der Waals surface area contributed by atoms with Gasteiger partial charge in [-0.05, 0) is 19.3 Å². The zero-order valence-corrected chi connectivity index (χ0v) is 17.2. The molecule has 1 atom stereocenters. The van der Waals surface area contributed by atoms with Gasteiger partial charge in [0.1, 0.15) is 11.2 Å². The van der Waals surface area contributed by atoms with Gasteiger partial charge in [-0.3, -0.25) is 9.59 Å². The van der Waals surface area contributed by atoms with Crippen molar-refractivity contribution in [2.75, 3.05) is 37.9 Å². The topological polar surface area (TPSA) is 85.7 Å². The van der Waals surface area contributed by atoms with E-state index in [4.69, 9.17) is 9.47 Å². The van der Waals surface area contributed by atoms with Gasteiger partial charge in [0.15, 0.2) is 5.69 Å². The number of hydrogen-bond acceptors (Lipinski definition) is 7. The molecule has 1 N–H and O–H groups in total. The second-order valence-corrected chi connectivity index (χ2v) is 10.4. The minimum atomic E-state index is -0.198. The Labute approximate surface area is 172 Å². The molecule has 5 rings (SSSR count). The molecule has 8 nitrogen and oxygen atoms in total. The third-order valence-electron chi connectivity index (χ3n) is 5.98. The highest BCUT2D eigenvalue weighted by Crippen LogP contribution is 2.42. The van der Waals surface area contributed by atoms with Crippen molar-refractivity contribution in [3.63, 3.8) is 0 Å². The molecule has 0 saturated carbocycles. The highest BCUT2D eigenvalue weighted by molar-refractivity contribution is 8.21. The predicted molar refractivity (Wildman–Crippen MR) is 107 cm³/mol. The van der Waals surface area contributed by atoms with Gasteiger partial charge < -0.3 is 19.7 Å². The van der Waals surface area contributed by atoms with E-state index < -0.39 is 0 Å². The van der Waals surface area contributed by atoms with Crippen LogP contribution in [-0.4, -0.2) is 80.5 Å². The number of amides is 2. The van der Waals surface area contributed by atoms with Gasteiger partial charge in [0.25, 0.3) is 5.91 Å². The lowest BCUT2D eigenvalue weighted by Crippen LogP contribution is -2.52. The van der Waals surface area contributed by atoms with Crippen molar-refractivity contribution >= 4 is 35.3 Å². The third-order valence-corrected chi connectivity index (χ3v) is 8.94. The van der Waals surface area contributed by atoms with Crippen molar-refractivity contribution in [2.45, 2.75) is 42.0 Å². The quantitative estimate of drug-likeness (QED) is 0.774. The second-order valence-electron chi connectivity index (χ2n) is 7.67. The fourth-order valence-electron chi connectivity index (χ4n) is 4.60. The molecule has 4 aliphatic heterocycles. The number of nitrogens with zero attached hydrogens (tertiary/aromatic N) is 3. The Bertz CT molecular complexity index is 752. The first kappa shape index (κ1) is 18.6. The number of fused-ring (bicyclic) bond motifs is 1. The molecule has 2 amide bonds. The summed E-state index contributed by atoms with van der Waals surface area (Å²) in [6.07, 6.45) is 2.44. The SMILES string of the molecule is O=C(NC1CN(C(=O)C2SCCS2)C2(CCOCC2)C1)c1cc2n(n1)CCO2. The molecule has 10 heteroatoms. The molecule has 1 aromatic heterocycles. The van der Waals surface area contributed by atoms with Crippen LogP contribution in [0, 0.1) is 0 Å². The van der Waals surface area contributed by atoms with E-state index in [0.29, 0.717) is 44.5 Å². The van der Waals surface area contributed by atoms with Crippen molar-refractivity contribution in [1.82, 2.24) is 20.0 Å². The summed E-state index contributed by atoms with van der Waals surface area (Å²) in [5, 5.41) is 7.44. The van der Waals surface area contributed by atoms with Gasteiger partial charge in [-0.25, -0.2) is 4.68 Å². The van der Waals surface area contributed by atoms with E-state index in [1.165, 1.54) is 0 Å². The molecule has 4 aliphatic rings. The molecule has 28 heavy (non-hydrogen) atoms. The number of nitrogens with one attached hydrogen (secondary N) is 1. The van der Waals surface area contributed by atoms with Gasteiger partial charge in [0, 0.05) is 48.9 Å². The average Bonchev–Trinajstić information content (AvgIpc) is 3.46. The second kappa shape index (κ2) is 7.46. The zero-order chi connectivity index (χ0) is 19.1. The van der Waals surface area contributed by atoms with E-state index in [0.717, 1.165) is 30.8 Å². The Morgan fingerprint density at radius 3 is 2.75 bits per heavy atom. The number of carbonyl (C=O) groups is 2. The van der Waals surface area contributed by atoms with Crippen LogP contribution >= 0.6 is 23.5 Å². The summed E-state index contributed by atoms with van der Waals surface area (Å²) in [5.41, 5.74) is 0.179. The first-order chi connectivity index (χ1) is 13.6. The monoisotopic (exact) mass is 424 g/mol. The molecule has 3 fully saturated rings. The van der Waals surface area contributed by atoms with E-state index in [1.807, 2.05) is 4.90 Å². The van der Waals surface area contributed by atoms with Crippen molar-refractivity contribution in [2.24, 2.45) is 0 Å². The van der Waals surface area contributed by atoms with Crippen LogP contribution in [0.2, 0.25) is 0 Å². The standard InChI is InChI=1S/C18H24N4O4S2/c23-15(13-9-14-22(20-13)3-6-26-14)19-12-10-18(1-4-25-5-2-18)21(11-12)16(24)17-27-7-8-28-17/h9,12,17H,1-8,10-11H2,(H,19,23). The summed E-state index contributed by atoms with van der Waals surface area (Å²) >= 11 is 3.47. The highest BCUT2D eigenvalue weighted by Gasteiger charge is 2.50. The van der Waals surface area contributed by atoms with Crippen molar-refractivity contribution in [3.05, 3.63) is 11.8 Å². The van der Waals surface area contributed by atoms with Crippen LogP contribution in [0.15, 0.2) is 6.07 Å². The van der Waals surface area contributed by atoms with E-state index in [-0.39, 0.29) is 28.0 Å². The lowest BCUT2D eigenvalue weighted by molar-refractivity contribution is -0.136. The number of thioether (sulfide) groups is 2. The number of carbonyl (C=O) groups excluding carboxylic acids is 2. The summed E-state index contributed by atoms with van der Waals surface area (Å²) in [6.45, 7) is 3.17. The summed E-state index contributed by atoms with van der Waals surface area (Å²) in [7, 11) is 0. The van der Waals surface area contributed by atoms with Crippen LogP contribution in [0.3, 0.4) is 0 Å². The Hall–Kier alpha value is -1.39. The Morgan fingerprint density at radius 2 is 2.00 bits per heavy atom. The maximum Gasteiger partial charge on any atom is 0.272 e. The van der Waals surface area contributed by atoms with Crippen LogP contribution in [0.25, 0.3) is 0 Å². The Balaban J connectivity index is 1.31. The molecule has 0 aromatic carbocycles. The predicted octanol–water partition coefficient (Wildman–Crippen LogP) is 0.962. The first-order valence-electron chi connectivity index (χ1n) is 9.79. The minimum absolute atomic E-state index is 0.0116. The third kappa shape index (κ3) is 3.29. The summed E-state index contributed by atoms with van der Waals surface area (Å²) in [6, 6.07) is 1.62. The largest absolute Gasteiger partial charge is 0.476 e. The number of likely N-dealkylation sites (tertiary alicyclic amines) is 1. The number of hydrogen-bond donors (Lipinski definition) is 1. The van der Waals surface area contributed by atoms with Crippen molar-refractivity contribution in [1.29, 1.82) is 0 Å². The first-order valence-corrected chi connectivity index (χ1v) is 11.9. The van der Waals surface area contributed by atoms with E-state index in [1.54, 1.807) is 34.3 Å². The lowest BCUT2D eigenvalue weighted by Gasteiger charge is -2.42. The molecule has 1 spiro atoms. The van der Waals surface area contributed by atoms with Gasteiger partial charge in [0.05, 0.1) is 6.54 Å². The fourth-order valence-corrected chi connectivity index (χ4v) is 7.30. The zero-order valence-electron chi connectivity index (χ0n) is 15.6. The van der Waals surface area contributed by atoms with Gasteiger partial charge in [0.2, 0.25) is 11.8 Å². The summed E-state index contributed by atoms with van der Waals surface area (Å²) < 4.78 is 12.7. The highest BCUT2D eigenvalue weighted by atomic mass is 32.2.